The van der Waals surface area contributed by atoms with Gasteiger partial charge in [0.2, 0.25) is 0 Å². The zero-order valence-corrected chi connectivity index (χ0v) is 21.3. The Hall–Kier alpha value is -0.580. The first-order valence-electron chi connectivity index (χ1n) is 9.78. The first-order valence-corrected chi connectivity index (χ1v) is 11.4. The number of nitrogens with zero attached hydrogens (tertiary/aromatic N) is 2. The van der Waals surface area contributed by atoms with Crippen LogP contribution in [0.15, 0.2) is 23.2 Å². The fraction of sp³-hybridized carbons (Fsp3) is 0.650. The smallest absolute Gasteiger partial charge is 0.191 e. The Bertz CT molecular complexity index is 688. The second-order valence-corrected chi connectivity index (χ2v) is 9.03. The van der Waals surface area contributed by atoms with Crippen molar-refractivity contribution in [1.82, 2.24) is 10.6 Å². The summed E-state index contributed by atoms with van der Waals surface area (Å²) >= 11 is 8.13. The van der Waals surface area contributed by atoms with Crippen molar-refractivity contribution in [2.45, 2.75) is 30.1 Å². The first-order chi connectivity index (χ1) is 13.6. The van der Waals surface area contributed by atoms with E-state index in [4.69, 9.17) is 21.1 Å². The lowest BCUT2D eigenvalue weighted by Gasteiger charge is -2.36. The quantitative estimate of drug-likeness (QED) is 0.318. The highest BCUT2D eigenvalue weighted by Gasteiger charge is 2.32. The molecule has 0 amide bonds. The topological polar surface area (TPSA) is 58.1 Å². The molecule has 2 heterocycles. The fourth-order valence-electron chi connectivity index (χ4n) is 3.84. The van der Waals surface area contributed by atoms with E-state index in [1.54, 1.807) is 7.11 Å². The third-order valence-corrected chi connectivity index (χ3v) is 7.30. The lowest BCUT2D eigenvalue weighted by atomic mass is 9.99. The molecular formula is C20H32ClIN4O2S. The number of halogens is 2. The van der Waals surface area contributed by atoms with Crippen molar-refractivity contribution in [1.29, 1.82) is 0 Å². The van der Waals surface area contributed by atoms with E-state index in [0.29, 0.717) is 6.04 Å². The summed E-state index contributed by atoms with van der Waals surface area (Å²) in [6.07, 6.45) is 5.38. The van der Waals surface area contributed by atoms with E-state index in [1.165, 1.54) is 0 Å². The van der Waals surface area contributed by atoms with Gasteiger partial charge < -0.3 is 25.0 Å². The molecule has 1 atom stereocenters. The Labute approximate surface area is 200 Å². The van der Waals surface area contributed by atoms with Crippen LogP contribution in [0.5, 0.6) is 5.75 Å². The molecule has 29 heavy (non-hydrogen) atoms. The van der Waals surface area contributed by atoms with Crippen LogP contribution in [0.2, 0.25) is 5.02 Å². The van der Waals surface area contributed by atoms with Crippen molar-refractivity contribution in [3.8, 4) is 5.75 Å². The maximum Gasteiger partial charge on any atom is 0.191 e. The largest absolute Gasteiger partial charge is 0.495 e. The second kappa shape index (κ2) is 11.7. The van der Waals surface area contributed by atoms with Crippen molar-refractivity contribution >= 4 is 59.0 Å². The predicted octanol–water partition coefficient (Wildman–Crippen LogP) is 3.62. The van der Waals surface area contributed by atoms with E-state index in [2.05, 4.69) is 26.8 Å². The Balaban J connectivity index is 0.00000300. The van der Waals surface area contributed by atoms with Crippen LogP contribution in [-0.2, 0) is 4.74 Å². The molecule has 3 rings (SSSR count). The molecule has 2 fully saturated rings. The molecular weight excluding hydrogens is 523 g/mol. The average molecular weight is 555 g/mol. The van der Waals surface area contributed by atoms with Crippen molar-refractivity contribution in [2.24, 2.45) is 4.99 Å². The van der Waals surface area contributed by atoms with Gasteiger partial charge in [-0.25, -0.2) is 0 Å². The molecule has 2 aliphatic rings. The van der Waals surface area contributed by atoms with Crippen molar-refractivity contribution in [3.05, 3.63) is 23.2 Å². The van der Waals surface area contributed by atoms with E-state index in [1.807, 2.05) is 37.0 Å². The molecule has 0 spiro atoms. The number of benzene rings is 1. The molecule has 164 valence electrons. The van der Waals surface area contributed by atoms with Crippen LogP contribution < -0.4 is 20.3 Å². The molecule has 0 aliphatic carbocycles. The van der Waals surface area contributed by atoms with Gasteiger partial charge in [0.05, 0.1) is 12.8 Å². The van der Waals surface area contributed by atoms with Crippen molar-refractivity contribution < 1.29 is 9.47 Å². The summed E-state index contributed by atoms with van der Waals surface area (Å²) in [5.74, 6) is 1.72. The van der Waals surface area contributed by atoms with E-state index >= 15 is 0 Å². The van der Waals surface area contributed by atoms with Crippen LogP contribution in [0.3, 0.4) is 0 Å². The molecule has 2 saturated heterocycles. The molecule has 9 heteroatoms. The van der Waals surface area contributed by atoms with E-state index in [9.17, 15) is 0 Å². The summed E-state index contributed by atoms with van der Waals surface area (Å²) in [6, 6.07) is 6.09. The Kier molecular flexibility index (Phi) is 9.97. The molecule has 1 aromatic carbocycles. The maximum atomic E-state index is 6.20. The Morgan fingerprint density at radius 2 is 2.17 bits per heavy atom. The monoisotopic (exact) mass is 554 g/mol. The van der Waals surface area contributed by atoms with Gasteiger partial charge in [0.15, 0.2) is 5.96 Å². The van der Waals surface area contributed by atoms with Gasteiger partial charge in [0.1, 0.15) is 5.75 Å². The maximum absolute atomic E-state index is 6.20. The molecule has 2 aliphatic heterocycles. The van der Waals surface area contributed by atoms with E-state index < -0.39 is 0 Å². The van der Waals surface area contributed by atoms with E-state index in [-0.39, 0.29) is 28.7 Å². The fourth-order valence-corrected chi connectivity index (χ4v) is 4.79. The van der Waals surface area contributed by atoms with Gasteiger partial charge in [-0.15, -0.1) is 24.0 Å². The molecule has 1 unspecified atom stereocenters. The summed E-state index contributed by atoms with van der Waals surface area (Å²) in [5, 5.41) is 7.85. The number of hydrogen-bond donors (Lipinski definition) is 2. The summed E-state index contributed by atoms with van der Waals surface area (Å²) in [5.41, 5.74) is 1.05. The summed E-state index contributed by atoms with van der Waals surface area (Å²) < 4.78 is 11.3. The van der Waals surface area contributed by atoms with Crippen molar-refractivity contribution in [2.75, 3.05) is 58.2 Å². The first kappa shape index (κ1) is 24.7. The van der Waals surface area contributed by atoms with Gasteiger partial charge in [-0.05, 0) is 43.7 Å². The van der Waals surface area contributed by atoms with Gasteiger partial charge in [0, 0.05) is 55.7 Å². The van der Waals surface area contributed by atoms with Crippen LogP contribution in [0.4, 0.5) is 5.69 Å². The van der Waals surface area contributed by atoms with Gasteiger partial charge in [-0.3, -0.25) is 4.99 Å². The van der Waals surface area contributed by atoms with Gasteiger partial charge in [-0.2, -0.15) is 11.8 Å². The minimum absolute atomic E-state index is 0. The van der Waals surface area contributed by atoms with Crippen LogP contribution in [0, 0.1) is 0 Å². The number of nitrogens with one attached hydrogen (secondary N) is 2. The zero-order valence-electron chi connectivity index (χ0n) is 17.4. The molecule has 1 aromatic rings. The number of rotatable bonds is 6. The second-order valence-electron chi connectivity index (χ2n) is 7.32. The molecule has 0 bridgehead atoms. The number of thioether (sulfide) groups is 1. The number of hydrogen-bond acceptors (Lipinski definition) is 5. The number of methoxy groups -OCH3 is 1. The number of guanidine groups is 1. The normalized spacial score (nSPS) is 21.4. The average Bonchev–Trinajstić information content (AvgIpc) is 3.20. The molecule has 2 N–H and O–H groups in total. The highest BCUT2D eigenvalue weighted by molar-refractivity contribution is 14.0. The number of ether oxygens (including phenoxy) is 2. The summed E-state index contributed by atoms with van der Waals surface area (Å²) in [4.78, 5) is 6.75. The molecule has 6 nitrogen and oxygen atoms in total. The lowest BCUT2D eigenvalue weighted by Crippen LogP contribution is -2.50. The minimum Gasteiger partial charge on any atom is -0.495 e. The standard InChI is InChI=1S/C20H31ClN4O2S.HI/c1-22-19(23-14-20(28-3)7-10-27-11-8-20)24-16-6-9-25(13-16)17-12-15(21)4-5-18(17)26-2;/h4-5,12,16H,6-11,13-14H2,1-3H3,(H2,22,23,24);1H. The Morgan fingerprint density at radius 3 is 2.83 bits per heavy atom. The number of aliphatic imine (C=N–C) groups is 1. The van der Waals surface area contributed by atoms with Gasteiger partial charge in [0.25, 0.3) is 0 Å². The Morgan fingerprint density at radius 1 is 1.41 bits per heavy atom. The molecule has 0 radical (unpaired) electrons. The summed E-state index contributed by atoms with van der Waals surface area (Å²) in [7, 11) is 3.53. The predicted molar refractivity (Wildman–Crippen MR) is 135 cm³/mol. The van der Waals surface area contributed by atoms with Crippen LogP contribution in [0.1, 0.15) is 19.3 Å². The molecule has 0 aromatic heterocycles. The minimum atomic E-state index is 0. The van der Waals surface area contributed by atoms with Crippen molar-refractivity contribution in [3.63, 3.8) is 0 Å². The van der Waals surface area contributed by atoms with Crippen LogP contribution >= 0.6 is 47.3 Å². The van der Waals surface area contributed by atoms with E-state index in [0.717, 1.165) is 74.5 Å². The third kappa shape index (κ3) is 6.45. The van der Waals surface area contributed by atoms with Gasteiger partial charge >= 0.3 is 0 Å². The number of anilines is 1. The third-order valence-electron chi connectivity index (χ3n) is 5.65. The molecule has 0 saturated carbocycles. The summed E-state index contributed by atoms with van der Waals surface area (Å²) in [6.45, 7) is 4.42. The van der Waals surface area contributed by atoms with Crippen LogP contribution in [0.25, 0.3) is 0 Å². The van der Waals surface area contributed by atoms with Gasteiger partial charge in [-0.1, -0.05) is 11.6 Å². The van der Waals surface area contributed by atoms with Crippen LogP contribution in [-0.4, -0.2) is 70.0 Å². The highest BCUT2D eigenvalue weighted by Crippen LogP contribution is 2.34. The highest BCUT2D eigenvalue weighted by atomic mass is 127. The SMILES string of the molecule is CN=C(NCC1(SC)CCOCC1)NC1CCN(c2cc(Cl)ccc2OC)C1.I. The zero-order chi connectivity index (χ0) is 20.0. The lowest BCUT2D eigenvalue weighted by molar-refractivity contribution is 0.0782.